The van der Waals surface area contributed by atoms with E-state index in [1.54, 1.807) is 0 Å². The molecule has 0 aliphatic heterocycles. The summed E-state index contributed by atoms with van der Waals surface area (Å²) in [6.45, 7) is 3.01. The molecule has 1 aromatic carbocycles. The Morgan fingerprint density at radius 2 is 1.68 bits per heavy atom. The van der Waals surface area contributed by atoms with Gasteiger partial charge in [0.2, 0.25) is 0 Å². The molecule has 1 aromatic rings. The van der Waals surface area contributed by atoms with E-state index in [4.69, 9.17) is 11.2 Å². The van der Waals surface area contributed by atoms with E-state index in [-0.39, 0.29) is 0 Å². The topological polar surface area (TPSA) is 9.23 Å². The summed E-state index contributed by atoms with van der Waals surface area (Å²) in [4.78, 5) is 0. The van der Waals surface area contributed by atoms with Gasteiger partial charge in [0.1, 0.15) is 5.75 Å². The van der Waals surface area contributed by atoms with E-state index in [9.17, 15) is 0 Å². The molecule has 1 aliphatic rings. The highest BCUT2D eigenvalue weighted by atomic mass is 16.5. The number of ether oxygens (including phenoxy) is 1. The molecule has 0 atom stereocenters. The molecular weight excluding hydrogens is 304 g/mol. The first-order valence-corrected chi connectivity index (χ1v) is 10.5. The highest BCUT2D eigenvalue weighted by molar-refractivity contribution is 5.29. The average Bonchev–Trinajstić information content (AvgIpc) is 2.66. The maximum absolute atomic E-state index is 5.74. The summed E-state index contributed by atoms with van der Waals surface area (Å²) in [6, 6.07) is 8.80. The summed E-state index contributed by atoms with van der Waals surface area (Å²) in [5.74, 6) is 5.36. The van der Waals surface area contributed by atoms with E-state index in [0.717, 1.165) is 30.4 Å². The second kappa shape index (κ2) is 12.0. The third-order valence-corrected chi connectivity index (χ3v) is 5.65. The van der Waals surface area contributed by atoms with Crippen molar-refractivity contribution in [2.24, 2.45) is 5.92 Å². The number of benzene rings is 1. The van der Waals surface area contributed by atoms with Crippen molar-refractivity contribution in [3.05, 3.63) is 29.8 Å². The van der Waals surface area contributed by atoms with Gasteiger partial charge in [-0.3, -0.25) is 0 Å². The van der Waals surface area contributed by atoms with Gasteiger partial charge in [0.05, 0.1) is 6.61 Å². The summed E-state index contributed by atoms with van der Waals surface area (Å²) >= 11 is 0. The summed E-state index contributed by atoms with van der Waals surface area (Å²) < 4.78 is 5.74. The lowest BCUT2D eigenvalue weighted by Gasteiger charge is -2.29. The predicted octanol–water partition coefficient (Wildman–Crippen LogP) is 7.11. The van der Waals surface area contributed by atoms with Crippen molar-refractivity contribution in [3.63, 3.8) is 0 Å². The standard InChI is InChI=1S/C24H36O/c1-3-5-7-8-9-11-21-12-14-22(15-13-21)23-16-18-24(19-17-23)25-20-10-6-4-2/h2,16-19,21-22H,3,5-15,20H2,1H3. The lowest BCUT2D eigenvalue weighted by Crippen LogP contribution is -2.13. The minimum absolute atomic E-state index is 0.715. The Bertz CT molecular complexity index is 488. The van der Waals surface area contributed by atoms with Gasteiger partial charge in [-0.25, -0.2) is 0 Å². The van der Waals surface area contributed by atoms with Crippen LogP contribution in [0.5, 0.6) is 5.75 Å². The lowest BCUT2D eigenvalue weighted by molar-refractivity contribution is 0.300. The smallest absolute Gasteiger partial charge is 0.119 e. The van der Waals surface area contributed by atoms with Crippen LogP contribution in [0.1, 0.15) is 95.5 Å². The largest absolute Gasteiger partial charge is 0.494 e. The van der Waals surface area contributed by atoms with Crippen molar-refractivity contribution in [1.29, 1.82) is 0 Å². The number of hydrogen-bond acceptors (Lipinski definition) is 1. The van der Waals surface area contributed by atoms with Gasteiger partial charge < -0.3 is 4.74 Å². The minimum Gasteiger partial charge on any atom is -0.494 e. The Kier molecular flexibility index (Phi) is 9.57. The number of rotatable bonds is 11. The minimum atomic E-state index is 0.715. The SMILES string of the molecule is C#CCCCOc1ccc(C2CCC(CCCCCCC)CC2)cc1. The van der Waals surface area contributed by atoms with Crippen LogP contribution < -0.4 is 4.74 Å². The predicted molar refractivity (Wildman–Crippen MR) is 108 cm³/mol. The Balaban J connectivity index is 1.65. The van der Waals surface area contributed by atoms with Gasteiger partial charge in [0.15, 0.2) is 0 Å². The van der Waals surface area contributed by atoms with Crippen LogP contribution in [0.2, 0.25) is 0 Å². The van der Waals surface area contributed by atoms with Gasteiger partial charge in [-0.15, -0.1) is 12.3 Å². The zero-order chi connectivity index (χ0) is 17.7. The van der Waals surface area contributed by atoms with Gasteiger partial charge >= 0.3 is 0 Å². The van der Waals surface area contributed by atoms with Crippen LogP contribution in [-0.2, 0) is 0 Å². The van der Waals surface area contributed by atoms with Gasteiger partial charge in [-0.1, -0.05) is 57.6 Å². The fraction of sp³-hybridized carbons (Fsp3) is 0.667. The van der Waals surface area contributed by atoms with Crippen LogP contribution in [0.15, 0.2) is 24.3 Å². The quantitative estimate of drug-likeness (QED) is 0.308. The summed E-state index contributed by atoms with van der Waals surface area (Å²) in [5, 5.41) is 0. The van der Waals surface area contributed by atoms with Crippen LogP contribution in [0, 0.1) is 18.3 Å². The summed E-state index contributed by atoms with van der Waals surface area (Å²) in [5.41, 5.74) is 1.50. The van der Waals surface area contributed by atoms with Crippen molar-refractivity contribution in [1.82, 2.24) is 0 Å². The highest BCUT2D eigenvalue weighted by Gasteiger charge is 2.22. The van der Waals surface area contributed by atoms with E-state index < -0.39 is 0 Å². The molecule has 0 spiro atoms. The first-order valence-electron chi connectivity index (χ1n) is 10.5. The summed E-state index contributed by atoms with van der Waals surface area (Å²) in [6.07, 6.45) is 21.1. The average molecular weight is 341 g/mol. The van der Waals surface area contributed by atoms with E-state index in [1.165, 1.54) is 69.8 Å². The fourth-order valence-electron chi connectivity index (χ4n) is 4.02. The summed E-state index contributed by atoms with van der Waals surface area (Å²) in [7, 11) is 0. The molecule has 0 radical (unpaired) electrons. The first kappa shape index (κ1) is 19.9. The third-order valence-electron chi connectivity index (χ3n) is 5.65. The zero-order valence-corrected chi connectivity index (χ0v) is 16.1. The van der Waals surface area contributed by atoms with E-state index in [0.29, 0.717) is 6.61 Å². The molecule has 0 bridgehead atoms. The van der Waals surface area contributed by atoms with Crippen LogP contribution in [0.25, 0.3) is 0 Å². The molecule has 1 heteroatoms. The third kappa shape index (κ3) is 7.55. The molecule has 1 fully saturated rings. The molecule has 2 rings (SSSR count). The van der Waals surface area contributed by atoms with Gasteiger partial charge in [-0.2, -0.15) is 0 Å². The Morgan fingerprint density at radius 1 is 0.960 bits per heavy atom. The maximum Gasteiger partial charge on any atom is 0.119 e. The second-order valence-electron chi connectivity index (χ2n) is 7.65. The number of unbranched alkanes of at least 4 members (excludes halogenated alkanes) is 5. The Labute approximate surface area is 155 Å². The molecule has 1 aliphatic carbocycles. The lowest BCUT2D eigenvalue weighted by atomic mass is 9.77. The highest BCUT2D eigenvalue weighted by Crippen LogP contribution is 2.38. The van der Waals surface area contributed by atoms with E-state index in [1.807, 2.05) is 0 Å². The number of hydrogen-bond donors (Lipinski definition) is 0. The van der Waals surface area contributed by atoms with Crippen molar-refractivity contribution in [2.45, 2.75) is 89.9 Å². The van der Waals surface area contributed by atoms with Crippen LogP contribution in [-0.4, -0.2) is 6.61 Å². The fourth-order valence-corrected chi connectivity index (χ4v) is 4.02. The molecular formula is C24H36O. The molecule has 0 unspecified atom stereocenters. The van der Waals surface area contributed by atoms with E-state index >= 15 is 0 Å². The zero-order valence-electron chi connectivity index (χ0n) is 16.1. The van der Waals surface area contributed by atoms with Crippen molar-refractivity contribution in [2.75, 3.05) is 6.61 Å². The normalized spacial score (nSPS) is 20.2. The molecule has 0 amide bonds. The molecule has 0 aromatic heterocycles. The van der Waals surface area contributed by atoms with Crippen molar-refractivity contribution >= 4 is 0 Å². The molecule has 1 nitrogen and oxygen atoms in total. The molecule has 25 heavy (non-hydrogen) atoms. The molecule has 0 N–H and O–H groups in total. The van der Waals surface area contributed by atoms with Crippen LogP contribution in [0.3, 0.4) is 0 Å². The van der Waals surface area contributed by atoms with Crippen LogP contribution in [0.4, 0.5) is 0 Å². The van der Waals surface area contributed by atoms with Gasteiger partial charge in [-0.05, 0) is 61.6 Å². The van der Waals surface area contributed by atoms with Gasteiger partial charge in [0.25, 0.3) is 0 Å². The van der Waals surface area contributed by atoms with E-state index in [2.05, 4.69) is 37.1 Å². The number of terminal acetylenes is 1. The van der Waals surface area contributed by atoms with Gasteiger partial charge in [0, 0.05) is 6.42 Å². The van der Waals surface area contributed by atoms with Crippen molar-refractivity contribution < 1.29 is 4.74 Å². The molecule has 0 saturated heterocycles. The Hall–Kier alpha value is -1.42. The van der Waals surface area contributed by atoms with Crippen LogP contribution >= 0.6 is 0 Å². The molecule has 0 heterocycles. The van der Waals surface area contributed by atoms with Crippen molar-refractivity contribution in [3.8, 4) is 18.1 Å². The monoisotopic (exact) mass is 340 g/mol. The maximum atomic E-state index is 5.74. The Morgan fingerprint density at radius 3 is 2.36 bits per heavy atom. The second-order valence-corrected chi connectivity index (χ2v) is 7.65. The first-order chi connectivity index (χ1) is 12.3. The molecule has 1 saturated carbocycles. The molecule has 138 valence electrons.